The van der Waals surface area contributed by atoms with Crippen LogP contribution in [0.25, 0.3) is 0 Å². The molecule has 2 amide bonds. The number of nitrogens with zero attached hydrogens (tertiary/aromatic N) is 2. The molecule has 0 radical (unpaired) electrons. The van der Waals surface area contributed by atoms with Gasteiger partial charge in [-0.25, -0.2) is 4.39 Å². The molecule has 0 aromatic heterocycles. The zero-order chi connectivity index (χ0) is 18.2. The van der Waals surface area contributed by atoms with Crippen LogP contribution in [0.2, 0.25) is 0 Å². The molecule has 5 nitrogen and oxygen atoms in total. The zero-order valence-corrected chi connectivity index (χ0v) is 13.8. The van der Waals surface area contributed by atoms with Crippen LogP contribution in [-0.4, -0.2) is 29.8 Å². The van der Waals surface area contributed by atoms with Gasteiger partial charge >= 0.3 is 0 Å². The highest BCUT2D eigenvalue weighted by molar-refractivity contribution is 5.95. The van der Waals surface area contributed by atoms with Gasteiger partial charge in [0, 0.05) is 13.5 Å². The van der Waals surface area contributed by atoms with E-state index in [0.29, 0.717) is 24.2 Å². The number of nitriles is 1. The van der Waals surface area contributed by atoms with E-state index in [2.05, 4.69) is 5.32 Å². The lowest BCUT2D eigenvalue weighted by molar-refractivity contribution is -0.132. The monoisotopic (exact) mass is 339 g/mol. The number of carbonyl (C=O) groups excluding carboxylic acids is 2. The van der Waals surface area contributed by atoms with Crippen molar-refractivity contribution in [2.45, 2.75) is 13.3 Å². The standard InChI is InChI=1S/C19H18FN3O2/c1-14(24)23(11-10-15-6-8-17(20)9-7-15)13-19(25)22-18-5-3-2-4-16(18)12-21/h2-9H,10-11,13H2,1H3,(H,22,25). The van der Waals surface area contributed by atoms with Gasteiger partial charge in [0.15, 0.2) is 0 Å². The second-order valence-corrected chi connectivity index (χ2v) is 5.52. The Morgan fingerprint density at radius 3 is 2.48 bits per heavy atom. The molecule has 0 unspecified atom stereocenters. The molecular weight excluding hydrogens is 321 g/mol. The molecule has 0 heterocycles. The predicted octanol–water partition coefficient (Wildman–Crippen LogP) is 2.73. The van der Waals surface area contributed by atoms with Gasteiger partial charge in [0.25, 0.3) is 0 Å². The molecule has 2 aromatic rings. The molecule has 0 saturated heterocycles. The maximum Gasteiger partial charge on any atom is 0.244 e. The van der Waals surface area contributed by atoms with Crippen molar-refractivity contribution in [3.8, 4) is 6.07 Å². The van der Waals surface area contributed by atoms with E-state index in [1.54, 1.807) is 36.4 Å². The number of hydrogen-bond donors (Lipinski definition) is 1. The number of anilines is 1. The Morgan fingerprint density at radius 2 is 1.84 bits per heavy atom. The number of amides is 2. The van der Waals surface area contributed by atoms with E-state index < -0.39 is 0 Å². The minimum Gasteiger partial charge on any atom is -0.333 e. The van der Waals surface area contributed by atoms with Crippen LogP contribution in [0.15, 0.2) is 48.5 Å². The first-order valence-corrected chi connectivity index (χ1v) is 7.78. The van der Waals surface area contributed by atoms with Crippen molar-refractivity contribution >= 4 is 17.5 Å². The fourth-order valence-electron chi connectivity index (χ4n) is 2.32. The maximum atomic E-state index is 12.9. The number of hydrogen-bond acceptors (Lipinski definition) is 3. The second-order valence-electron chi connectivity index (χ2n) is 5.52. The number of para-hydroxylation sites is 1. The molecule has 2 aromatic carbocycles. The third-order valence-corrected chi connectivity index (χ3v) is 3.69. The van der Waals surface area contributed by atoms with Crippen LogP contribution in [0, 0.1) is 17.1 Å². The largest absolute Gasteiger partial charge is 0.333 e. The van der Waals surface area contributed by atoms with Crippen LogP contribution in [0.4, 0.5) is 10.1 Å². The number of rotatable bonds is 6. The van der Waals surface area contributed by atoms with Gasteiger partial charge in [-0.05, 0) is 36.2 Å². The molecule has 128 valence electrons. The fraction of sp³-hybridized carbons (Fsp3) is 0.211. The molecule has 25 heavy (non-hydrogen) atoms. The molecule has 0 fully saturated rings. The predicted molar refractivity (Wildman–Crippen MR) is 92.1 cm³/mol. The van der Waals surface area contributed by atoms with E-state index in [1.807, 2.05) is 6.07 Å². The molecule has 6 heteroatoms. The van der Waals surface area contributed by atoms with E-state index in [4.69, 9.17) is 5.26 Å². The summed E-state index contributed by atoms with van der Waals surface area (Å²) in [5.74, 6) is -0.925. The minimum atomic E-state index is -0.378. The van der Waals surface area contributed by atoms with Gasteiger partial charge < -0.3 is 10.2 Å². The van der Waals surface area contributed by atoms with Crippen LogP contribution in [0.5, 0.6) is 0 Å². The summed E-state index contributed by atoms with van der Waals surface area (Å²) in [6.07, 6.45) is 0.516. The van der Waals surface area contributed by atoms with Gasteiger partial charge in [0.2, 0.25) is 11.8 Å². The van der Waals surface area contributed by atoms with Crippen molar-refractivity contribution in [3.05, 3.63) is 65.5 Å². The Hall–Kier alpha value is -3.20. The van der Waals surface area contributed by atoms with Gasteiger partial charge in [-0.15, -0.1) is 0 Å². The average Bonchev–Trinajstić information content (AvgIpc) is 2.60. The Balaban J connectivity index is 1.96. The van der Waals surface area contributed by atoms with Gasteiger partial charge in [-0.2, -0.15) is 5.26 Å². The Labute approximate surface area is 145 Å². The SMILES string of the molecule is CC(=O)N(CCc1ccc(F)cc1)CC(=O)Nc1ccccc1C#N. The number of halogens is 1. The van der Waals surface area contributed by atoms with Gasteiger partial charge in [0.05, 0.1) is 17.8 Å². The third-order valence-electron chi connectivity index (χ3n) is 3.69. The van der Waals surface area contributed by atoms with E-state index in [1.165, 1.54) is 24.0 Å². The summed E-state index contributed by atoms with van der Waals surface area (Å²) >= 11 is 0. The van der Waals surface area contributed by atoms with Crippen molar-refractivity contribution in [3.63, 3.8) is 0 Å². The van der Waals surface area contributed by atoms with Crippen LogP contribution in [0.1, 0.15) is 18.1 Å². The second kappa shape index (κ2) is 8.60. The minimum absolute atomic E-state index is 0.115. The molecule has 0 spiro atoms. The summed E-state index contributed by atoms with van der Waals surface area (Å²) in [5, 5.41) is 11.7. The van der Waals surface area contributed by atoms with Crippen LogP contribution < -0.4 is 5.32 Å². The normalized spacial score (nSPS) is 9.96. The lowest BCUT2D eigenvalue weighted by Crippen LogP contribution is -2.38. The van der Waals surface area contributed by atoms with Gasteiger partial charge in [0.1, 0.15) is 11.9 Å². The first kappa shape index (κ1) is 18.1. The van der Waals surface area contributed by atoms with Crippen molar-refractivity contribution in [1.82, 2.24) is 4.90 Å². The molecule has 0 aliphatic carbocycles. The summed E-state index contributed by atoms with van der Waals surface area (Å²) in [5.41, 5.74) is 1.65. The highest BCUT2D eigenvalue weighted by atomic mass is 19.1. The van der Waals surface area contributed by atoms with Gasteiger partial charge in [-0.3, -0.25) is 9.59 Å². The van der Waals surface area contributed by atoms with Crippen molar-refractivity contribution in [2.75, 3.05) is 18.4 Å². The average molecular weight is 339 g/mol. The molecule has 0 bridgehead atoms. The molecule has 0 saturated carbocycles. The third kappa shape index (κ3) is 5.43. The van der Waals surface area contributed by atoms with Crippen LogP contribution in [-0.2, 0) is 16.0 Å². The maximum absolute atomic E-state index is 12.9. The van der Waals surface area contributed by atoms with E-state index in [-0.39, 0.29) is 24.2 Å². The summed E-state index contributed by atoms with van der Waals surface area (Å²) < 4.78 is 12.9. The molecule has 0 aliphatic heterocycles. The summed E-state index contributed by atoms with van der Waals surface area (Å²) in [6, 6.07) is 14.7. The molecule has 0 atom stereocenters. The molecule has 0 aliphatic rings. The first-order chi connectivity index (χ1) is 12.0. The highest BCUT2D eigenvalue weighted by Gasteiger charge is 2.14. The molecular formula is C19H18FN3O2. The Kier molecular flexibility index (Phi) is 6.24. The smallest absolute Gasteiger partial charge is 0.244 e. The topological polar surface area (TPSA) is 73.2 Å². The lowest BCUT2D eigenvalue weighted by atomic mass is 10.1. The summed E-state index contributed by atoms with van der Waals surface area (Å²) in [6.45, 7) is 1.62. The Bertz CT molecular complexity index is 797. The number of carbonyl (C=O) groups is 2. The molecule has 2 rings (SSSR count). The van der Waals surface area contributed by atoms with E-state index in [9.17, 15) is 14.0 Å². The number of benzene rings is 2. The molecule has 1 N–H and O–H groups in total. The quantitative estimate of drug-likeness (QED) is 0.879. The van der Waals surface area contributed by atoms with Gasteiger partial charge in [-0.1, -0.05) is 24.3 Å². The van der Waals surface area contributed by atoms with Crippen LogP contribution in [0.3, 0.4) is 0 Å². The van der Waals surface area contributed by atoms with Crippen LogP contribution >= 0.6 is 0 Å². The Morgan fingerprint density at radius 1 is 1.16 bits per heavy atom. The van der Waals surface area contributed by atoms with Crippen molar-refractivity contribution in [2.24, 2.45) is 0 Å². The highest BCUT2D eigenvalue weighted by Crippen LogP contribution is 2.13. The summed E-state index contributed by atoms with van der Waals surface area (Å²) in [7, 11) is 0. The first-order valence-electron chi connectivity index (χ1n) is 7.78. The van der Waals surface area contributed by atoms with Crippen molar-refractivity contribution in [1.29, 1.82) is 5.26 Å². The summed E-state index contributed by atoms with van der Waals surface area (Å²) in [4.78, 5) is 25.4. The zero-order valence-electron chi connectivity index (χ0n) is 13.8. The lowest BCUT2D eigenvalue weighted by Gasteiger charge is -2.20. The van der Waals surface area contributed by atoms with E-state index in [0.717, 1.165) is 5.56 Å². The fourth-order valence-corrected chi connectivity index (χ4v) is 2.32. The van der Waals surface area contributed by atoms with Crippen molar-refractivity contribution < 1.29 is 14.0 Å². The van der Waals surface area contributed by atoms with E-state index >= 15 is 0 Å². The number of nitrogens with one attached hydrogen (secondary N) is 1.